The smallest absolute Gasteiger partial charge is 0.0446 e. The number of benzene rings is 3. The van der Waals surface area contributed by atoms with Gasteiger partial charge in [0.05, 0.1) is 0 Å². The lowest BCUT2D eigenvalue weighted by Crippen LogP contribution is -2.00. The van der Waals surface area contributed by atoms with Crippen LogP contribution in [0.1, 0.15) is 27.8 Å². The van der Waals surface area contributed by atoms with Gasteiger partial charge < -0.3 is 5.32 Å². The van der Waals surface area contributed by atoms with Crippen LogP contribution in [0.25, 0.3) is 11.1 Å². The van der Waals surface area contributed by atoms with Gasteiger partial charge in [0.1, 0.15) is 0 Å². The predicted molar refractivity (Wildman–Crippen MR) is 98.6 cm³/mol. The third kappa shape index (κ3) is 2.33. The number of hydrogen-bond donors (Lipinski definition) is 1. The average molecular weight is 299 g/mol. The van der Waals surface area contributed by atoms with E-state index < -0.39 is 0 Å². The van der Waals surface area contributed by atoms with Crippen LogP contribution in [0.5, 0.6) is 0 Å². The maximum absolute atomic E-state index is 3.62. The molecule has 0 spiro atoms. The van der Waals surface area contributed by atoms with Crippen LogP contribution >= 0.6 is 0 Å². The van der Waals surface area contributed by atoms with Crippen molar-refractivity contribution in [3.05, 3.63) is 82.4 Å². The molecule has 4 rings (SSSR count). The van der Waals surface area contributed by atoms with Crippen LogP contribution < -0.4 is 5.32 Å². The van der Waals surface area contributed by atoms with Crippen molar-refractivity contribution in [1.29, 1.82) is 0 Å². The highest BCUT2D eigenvalue weighted by Crippen LogP contribution is 2.42. The molecule has 23 heavy (non-hydrogen) atoms. The highest BCUT2D eigenvalue weighted by Gasteiger charge is 2.22. The first kappa shape index (κ1) is 14.1. The molecule has 0 atom stereocenters. The maximum atomic E-state index is 3.62. The van der Waals surface area contributed by atoms with Gasteiger partial charge in [-0.3, -0.25) is 0 Å². The number of hydrogen-bond acceptors (Lipinski definition) is 1. The molecule has 114 valence electrons. The van der Waals surface area contributed by atoms with Gasteiger partial charge in [0, 0.05) is 11.4 Å². The van der Waals surface area contributed by atoms with E-state index in [4.69, 9.17) is 0 Å². The number of nitrogens with one attached hydrogen (secondary N) is 1. The summed E-state index contributed by atoms with van der Waals surface area (Å²) in [5, 5.41) is 3.62. The Morgan fingerprint density at radius 1 is 0.826 bits per heavy atom. The van der Waals surface area contributed by atoms with Gasteiger partial charge in [-0.05, 0) is 78.8 Å². The van der Waals surface area contributed by atoms with Crippen LogP contribution in [0.3, 0.4) is 0 Å². The Bertz CT molecular complexity index is 889. The minimum atomic E-state index is 1.04. The summed E-state index contributed by atoms with van der Waals surface area (Å²) in [5.41, 5.74) is 12.1. The van der Waals surface area contributed by atoms with E-state index >= 15 is 0 Å². The van der Waals surface area contributed by atoms with Gasteiger partial charge in [-0.2, -0.15) is 0 Å². The van der Waals surface area contributed by atoms with Crippen molar-refractivity contribution >= 4 is 11.4 Å². The van der Waals surface area contributed by atoms with E-state index in [0.29, 0.717) is 0 Å². The zero-order chi connectivity index (χ0) is 16.0. The number of fused-ring (bicyclic) bond motifs is 3. The summed E-state index contributed by atoms with van der Waals surface area (Å²) in [5.74, 6) is 0. The van der Waals surface area contributed by atoms with E-state index in [1.165, 1.54) is 44.6 Å². The molecule has 0 aliphatic heterocycles. The summed E-state index contributed by atoms with van der Waals surface area (Å²) in [6.45, 7) is 6.56. The zero-order valence-corrected chi connectivity index (χ0v) is 13.9. The van der Waals surface area contributed by atoms with Crippen molar-refractivity contribution in [1.82, 2.24) is 0 Å². The Balaban J connectivity index is 1.79. The molecule has 1 N–H and O–H groups in total. The van der Waals surface area contributed by atoms with Crippen molar-refractivity contribution in [2.24, 2.45) is 0 Å². The molecule has 0 saturated heterocycles. The summed E-state index contributed by atoms with van der Waals surface area (Å²) in [4.78, 5) is 0. The van der Waals surface area contributed by atoms with Crippen molar-refractivity contribution in [2.45, 2.75) is 27.2 Å². The highest BCUT2D eigenvalue weighted by molar-refractivity contribution is 5.83. The van der Waals surface area contributed by atoms with Crippen LogP contribution in [-0.2, 0) is 6.42 Å². The van der Waals surface area contributed by atoms with Crippen LogP contribution in [0.2, 0.25) is 0 Å². The molecule has 0 saturated carbocycles. The Morgan fingerprint density at radius 2 is 1.57 bits per heavy atom. The predicted octanol–water partition coefficient (Wildman–Crippen LogP) is 5.93. The quantitative estimate of drug-likeness (QED) is 0.484. The van der Waals surface area contributed by atoms with E-state index in [1.54, 1.807) is 0 Å². The first-order valence-electron chi connectivity index (χ1n) is 8.18. The van der Waals surface area contributed by atoms with Gasteiger partial charge in [0.25, 0.3) is 0 Å². The molecule has 0 heterocycles. The summed E-state index contributed by atoms with van der Waals surface area (Å²) in [7, 11) is 0. The van der Waals surface area contributed by atoms with Gasteiger partial charge in [0.15, 0.2) is 0 Å². The normalized spacial score (nSPS) is 12.0. The Hall–Kier alpha value is -2.54. The fourth-order valence-corrected chi connectivity index (χ4v) is 3.59. The van der Waals surface area contributed by atoms with E-state index in [1.807, 2.05) is 0 Å². The molecule has 0 bridgehead atoms. The lowest BCUT2D eigenvalue weighted by atomic mass is 9.96. The van der Waals surface area contributed by atoms with Gasteiger partial charge in [-0.1, -0.05) is 42.0 Å². The summed E-state index contributed by atoms with van der Waals surface area (Å²) >= 11 is 0. The largest absolute Gasteiger partial charge is 0.355 e. The minimum absolute atomic E-state index is 1.04. The van der Waals surface area contributed by atoms with Crippen molar-refractivity contribution in [3.8, 4) is 11.1 Å². The molecular formula is C22H21N. The second-order valence-electron chi connectivity index (χ2n) is 6.54. The number of rotatable bonds is 2. The third-order valence-corrected chi connectivity index (χ3v) is 4.90. The van der Waals surface area contributed by atoms with Gasteiger partial charge in [-0.25, -0.2) is 0 Å². The Morgan fingerprint density at radius 3 is 2.35 bits per heavy atom. The molecule has 1 aliphatic rings. The molecule has 3 aromatic rings. The second kappa shape index (κ2) is 5.27. The van der Waals surface area contributed by atoms with Crippen LogP contribution in [0.4, 0.5) is 11.4 Å². The molecule has 3 aromatic carbocycles. The van der Waals surface area contributed by atoms with E-state index in [0.717, 1.165) is 12.1 Å². The second-order valence-corrected chi connectivity index (χ2v) is 6.54. The molecule has 0 aromatic heterocycles. The standard InChI is InChI=1S/C22H21N/c1-14-8-10-18(11-9-14)23-22-15(2)12-21-19-7-5-4-6-17(19)13-20(21)16(22)3/h4-12,23H,13H2,1-3H3. The lowest BCUT2D eigenvalue weighted by molar-refractivity contribution is 1.20. The highest BCUT2D eigenvalue weighted by atomic mass is 14.9. The van der Waals surface area contributed by atoms with Gasteiger partial charge in [-0.15, -0.1) is 0 Å². The first-order chi connectivity index (χ1) is 11.1. The Labute approximate surface area is 138 Å². The summed E-state index contributed by atoms with van der Waals surface area (Å²) in [6, 6.07) is 19.7. The molecule has 0 amide bonds. The van der Waals surface area contributed by atoms with Crippen molar-refractivity contribution in [3.63, 3.8) is 0 Å². The van der Waals surface area contributed by atoms with Crippen LogP contribution in [0, 0.1) is 20.8 Å². The van der Waals surface area contributed by atoms with Crippen LogP contribution in [0.15, 0.2) is 54.6 Å². The summed E-state index contributed by atoms with van der Waals surface area (Å²) in [6.07, 6.45) is 1.04. The molecule has 1 nitrogen and oxygen atoms in total. The molecule has 1 heteroatoms. The molecule has 0 fully saturated rings. The minimum Gasteiger partial charge on any atom is -0.355 e. The molecule has 0 unspecified atom stereocenters. The third-order valence-electron chi connectivity index (χ3n) is 4.90. The molecule has 1 aliphatic carbocycles. The fourth-order valence-electron chi connectivity index (χ4n) is 3.59. The van der Waals surface area contributed by atoms with Crippen LogP contribution in [-0.4, -0.2) is 0 Å². The van der Waals surface area contributed by atoms with Crippen molar-refractivity contribution < 1.29 is 0 Å². The zero-order valence-electron chi connectivity index (χ0n) is 13.9. The first-order valence-corrected chi connectivity index (χ1v) is 8.18. The van der Waals surface area contributed by atoms with E-state index in [2.05, 4.69) is 80.7 Å². The fraction of sp³-hybridized carbons (Fsp3) is 0.182. The topological polar surface area (TPSA) is 12.0 Å². The van der Waals surface area contributed by atoms with Crippen molar-refractivity contribution in [2.75, 3.05) is 5.32 Å². The number of anilines is 2. The molecular weight excluding hydrogens is 278 g/mol. The monoisotopic (exact) mass is 299 g/mol. The molecule has 0 radical (unpaired) electrons. The number of aryl methyl sites for hydroxylation is 2. The van der Waals surface area contributed by atoms with Gasteiger partial charge >= 0.3 is 0 Å². The average Bonchev–Trinajstić information content (AvgIpc) is 2.92. The van der Waals surface area contributed by atoms with Gasteiger partial charge in [0.2, 0.25) is 0 Å². The lowest BCUT2D eigenvalue weighted by Gasteiger charge is -2.17. The van der Waals surface area contributed by atoms with E-state index in [-0.39, 0.29) is 0 Å². The SMILES string of the molecule is Cc1ccc(Nc2c(C)cc3c(c2C)Cc2ccccc2-3)cc1. The maximum Gasteiger partial charge on any atom is 0.0446 e. The van der Waals surface area contributed by atoms with E-state index in [9.17, 15) is 0 Å². The Kier molecular flexibility index (Phi) is 3.23. The summed E-state index contributed by atoms with van der Waals surface area (Å²) < 4.78 is 0.